The van der Waals surface area contributed by atoms with Gasteiger partial charge in [0.25, 0.3) is 0 Å². The summed E-state index contributed by atoms with van der Waals surface area (Å²) in [6.07, 6.45) is 0. The van der Waals surface area contributed by atoms with Crippen molar-refractivity contribution in [3.63, 3.8) is 0 Å². The van der Waals surface area contributed by atoms with E-state index >= 15 is 0 Å². The molecule has 0 aliphatic rings. The maximum absolute atomic E-state index is 6.04. The first-order valence-electron chi connectivity index (χ1n) is 4.63. The van der Waals surface area contributed by atoms with E-state index in [-0.39, 0.29) is 6.61 Å². The quantitative estimate of drug-likeness (QED) is 0.885. The molecule has 16 heavy (non-hydrogen) atoms. The van der Waals surface area contributed by atoms with Crippen molar-refractivity contribution in [2.45, 2.75) is 6.54 Å². The van der Waals surface area contributed by atoms with E-state index in [1.807, 2.05) is 7.05 Å². The van der Waals surface area contributed by atoms with Crippen LogP contribution in [0.25, 0.3) is 0 Å². The average Bonchev–Trinajstić information content (AvgIpc) is 2.16. The Morgan fingerprint density at radius 1 is 1.44 bits per heavy atom. The van der Waals surface area contributed by atoms with Crippen molar-refractivity contribution in [3.05, 3.63) is 39.4 Å². The van der Waals surface area contributed by atoms with E-state index in [4.69, 9.17) is 39.5 Å². The van der Waals surface area contributed by atoms with Crippen molar-refractivity contribution in [1.29, 1.82) is 0 Å². The molecule has 5 heteroatoms. The maximum atomic E-state index is 6.04. The summed E-state index contributed by atoms with van der Waals surface area (Å²) in [5, 5.41) is 4.48. The molecule has 0 saturated heterocycles. The molecule has 0 aromatic heterocycles. The second kappa shape index (κ2) is 6.36. The standard InChI is InChI=1S/C11H12Cl3NO/c1-7(12)6-16-11-8(5-15-2)3-9(13)4-10(11)14/h3-4,15H,1,5-6H2,2H3. The average molecular weight is 281 g/mol. The lowest BCUT2D eigenvalue weighted by molar-refractivity contribution is 0.355. The number of ether oxygens (including phenoxy) is 1. The summed E-state index contributed by atoms with van der Waals surface area (Å²) in [5.74, 6) is 0.585. The predicted molar refractivity (Wildman–Crippen MR) is 69.7 cm³/mol. The number of nitrogens with one attached hydrogen (secondary N) is 1. The van der Waals surface area contributed by atoms with Gasteiger partial charge in [-0.2, -0.15) is 0 Å². The van der Waals surface area contributed by atoms with Gasteiger partial charge in [0.15, 0.2) is 0 Å². The minimum absolute atomic E-state index is 0.222. The maximum Gasteiger partial charge on any atom is 0.143 e. The summed E-state index contributed by atoms with van der Waals surface area (Å²) in [6.45, 7) is 4.39. The Bertz CT molecular complexity index is 393. The summed E-state index contributed by atoms with van der Waals surface area (Å²) in [4.78, 5) is 0. The molecule has 0 spiro atoms. The molecular formula is C11H12Cl3NO. The fourth-order valence-electron chi connectivity index (χ4n) is 1.25. The smallest absolute Gasteiger partial charge is 0.143 e. The zero-order valence-corrected chi connectivity index (χ0v) is 11.1. The van der Waals surface area contributed by atoms with Crippen LogP contribution in [-0.2, 0) is 6.54 Å². The molecule has 88 valence electrons. The molecule has 0 amide bonds. The van der Waals surface area contributed by atoms with E-state index in [1.165, 1.54) is 0 Å². The van der Waals surface area contributed by atoms with Crippen molar-refractivity contribution >= 4 is 34.8 Å². The van der Waals surface area contributed by atoms with Gasteiger partial charge >= 0.3 is 0 Å². The minimum atomic E-state index is 0.222. The lowest BCUT2D eigenvalue weighted by Gasteiger charge is -2.13. The van der Waals surface area contributed by atoms with Crippen LogP contribution >= 0.6 is 34.8 Å². The van der Waals surface area contributed by atoms with E-state index in [0.29, 0.717) is 27.4 Å². The Kier molecular flexibility index (Phi) is 5.42. The number of rotatable bonds is 5. The third-order valence-electron chi connectivity index (χ3n) is 1.83. The van der Waals surface area contributed by atoms with Crippen molar-refractivity contribution in [2.75, 3.05) is 13.7 Å². The van der Waals surface area contributed by atoms with Crippen LogP contribution in [0.1, 0.15) is 5.56 Å². The first kappa shape index (κ1) is 13.7. The van der Waals surface area contributed by atoms with Gasteiger partial charge in [0.05, 0.1) is 5.02 Å². The first-order valence-corrected chi connectivity index (χ1v) is 5.76. The highest BCUT2D eigenvalue weighted by atomic mass is 35.5. The van der Waals surface area contributed by atoms with Gasteiger partial charge in [-0.05, 0) is 19.2 Å². The molecule has 0 heterocycles. The van der Waals surface area contributed by atoms with Gasteiger partial charge < -0.3 is 10.1 Å². The molecule has 1 aromatic rings. The number of benzene rings is 1. The summed E-state index contributed by atoms with van der Waals surface area (Å²) >= 11 is 17.6. The van der Waals surface area contributed by atoms with Crippen molar-refractivity contribution in [3.8, 4) is 5.75 Å². The zero-order valence-electron chi connectivity index (χ0n) is 8.82. The van der Waals surface area contributed by atoms with Crippen molar-refractivity contribution < 1.29 is 4.74 Å². The van der Waals surface area contributed by atoms with E-state index in [2.05, 4.69) is 11.9 Å². The SMILES string of the molecule is C=C(Cl)COc1c(Cl)cc(Cl)cc1CNC. The molecule has 0 bridgehead atoms. The molecule has 0 unspecified atom stereocenters. The monoisotopic (exact) mass is 279 g/mol. The van der Waals surface area contributed by atoms with Gasteiger partial charge in [-0.1, -0.05) is 41.4 Å². The normalized spacial score (nSPS) is 10.2. The lowest BCUT2D eigenvalue weighted by Crippen LogP contribution is -2.08. The van der Waals surface area contributed by atoms with Gasteiger partial charge in [-0.3, -0.25) is 0 Å². The van der Waals surface area contributed by atoms with E-state index in [9.17, 15) is 0 Å². The number of hydrogen-bond acceptors (Lipinski definition) is 2. The van der Waals surface area contributed by atoms with Gasteiger partial charge in [-0.25, -0.2) is 0 Å². The van der Waals surface area contributed by atoms with Crippen LogP contribution < -0.4 is 10.1 Å². The van der Waals surface area contributed by atoms with E-state index < -0.39 is 0 Å². The van der Waals surface area contributed by atoms with Gasteiger partial charge in [0.1, 0.15) is 12.4 Å². The van der Waals surface area contributed by atoms with E-state index in [1.54, 1.807) is 12.1 Å². The van der Waals surface area contributed by atoms with Crippen LogP contribution in [0.4, 0.5) is 0 Å². The van der Waals surface area contributed by atoms with Gasteiger partial charge in [0, 0.05) is 22.2 Å². The van der Waals surface area contributed by atoms with Crippen LogP contribution in [0.3, 0.4) is 0 Å². The Morgan fingerprint density at radius 3 is 2.69 bits per heavy atom. The third-order valence-corrected chi connectivity index (χ3v) is 2.43. The number of halogens is 3. The predicted octanol–water partition coefficient (Wildman–Crippen LogP) is 3.84. The lowest BCUT2D eigenvalue weighted by atomic mass is 10.2. The second-order valence-corrected chi connectivity index (χ2v) is 4.59. The summed E-state index contributed by atoms with van der Waals surface area (Å²) in [5.41, 5.74) is 0.887. The molecule has 0 fully saturated rings. The molecule has 0 atom stereocenters. The minimum Gasteiger partial charge on any atom is -0.486 e. The number of hydrogen-bond donors (Lipinski definition) is 1. The molecular weight excluding hydrogens is 268 g/mol. The Hall–Kier alpha value is -0.410. The molecule has 0 aliphatic carbocycles. The van der Waals surface area contributed by atoms with Crippen LogP contribution in [0.15, 0.2) is 23.7 Å². The van der Waals surface area contributed by atoms with Crippen LogP contribution in [0.5, 0.6) is 5.75 Å². The van der Waals surface area contributed by atoms with Crippen molar-refractivity contribution in [1.82, 2.24) is 5.32 Å². The highest BCUT2D eigenvalue weighted by Crippen LogP contribution is 2.32. The molecule has 0 aliphatic heterocycles. The highest BCUT2D eigenvalue weighted by Gasteiger charge is 2.10. The fraction of sp³-hybridized carbons (Fsp3) is 0.273. The third kappa shape index (κ3) is 3.87. The summed E-state index contributed by atoms with van der Waals surface area (Å²) in [6, 6.07) is 3.44. The molecule has 1 rings (SSSR count). The van der Waals surface area contributed by atoms with Gasteiger partial charge in [0.2, 0.25) is 0 Å². The topological polar surface area (TPSA) is 21.3 Å². The molecule has 1 N–H and O–H groups in total. The highest BCUT2D eigenvalue weighted by molar-refractivity contribution is 6.35. The van der Waals surface area contributed by atoms with E-state index in [0.717, 1.165) is 5.56 Å². The van der Waals surface area contributed by atoms with Crippen LogP contribution in [-0.4, -0.2) is 13.7 Å². The first-order chi connectivity index (χ1) is 7.54. The van der Waals surface area contributed by atoms with Crippen LogP contribution in [0, 0.1) is 0 Å². The van der Waals surface area contributed by atoms with Crippen molar-refractivity contribution in [2.24, 2.45) is 0 Å². The Balaban J connectivity index is 2.98. The fourth-order valence-corrected chi connectivity index (χ4v) is 1.89. The summed E-state index contributed by atoms with van der Waals surface area (Å²) in [7, 11) is 1.83. The molecule has 1 aromatic carbocycles. The zero-order chi connectivity index (χ0) is 12.1. The second-order valence-electron chi connectivity index (χ2n) is 3.21. The summed E-state index contributed by atoms with van der Waals surface area (Å²) < 4.78 is 5.47. The molecule has 2 nitrogen and oxygen atoms in total. The van der Waals surface area contributed by atoms with Crippen LogP contribution in [0.2, 0.25) is 10.0 Å². The Labute approximate surface area is 110 Å². The molecule has 0 saturated carbocycles. The molecule has 0 radical (unpaired) electrons. The van der Waals surface area contributed by atoms with Gasteiger partial charge in [-0.15, -0.1) is 0 Å². The Morgan fingerprint density at radius 2 is 2.12 bits per heavy atom. The largest absolute Gasteiger partial charge is 0.486 e.